The molecule has 33 heavy (non-hydrogen) atoms. The van der Waals surface area contributed by atoms with E-state index in [1.165, 1.54) is 12.1 Å². The van der Waals surface area contributed by atoms with E-state index in [0.29, 0.717) is 13.0 Å². The number of nitrogens with zero attached hydrogens (tertiary/aromatic N) is 1. The van der Waals surface area contributed by atoms with Gasteiger partial charge in [-0.25, -0.2) is 18.0 Å². The van der Waals surface area contributed by atoms with Crippen molar-refractivity contribution in [3.8, 4) is 5.75 Å². The number of rotatable bonds is 11. The molecule has 0 radical (unpaired) electrons. The van der Waals surface area contributed by atoms with Crippen LogP contribution in [0, 0.1) is 10.1 Å². The molecule has 0 saturated heterocycles. The molecule has 1 unspecified atom stereocenters. The minimum atomic E-state index is -3.03. The number of sulfone groups is 1. The summed E-state index contributed by atoms with van der Waals surface area (Å²) < 4.78 is 29.9. The van der Waals surface area contributed by atoms with E-state index in [0.717, 1.165) is 32.1 Å². The van der Waals surface area contributed by atoms with E-state index in [9.17, 15) is 23.6 Å². The van der Waals surface area contributed by atoms with Crippen molar-refractivity contribution in [1.82, 2.24) is 5.32 Å². The summed E-state index contributed by atoms with van der Waals surface area (Å²) in [6.07, 6.45) is 4.31. The van der Waals surface area contributed by atoms with Crippen LogP contribution in [0.4, 0.5) is 5.69 Å². The molecule has 186 valence electrons. The monoisotopic (exact) mass is 490 g/mol. The number of hydrogen-bond acceptors (Lipinski definition) is 9. The highest BCUT2D eigenvalue weighted by molar-refractivity contribution is 7.92. The third-order valence-electron chi connectivity index (χ3n) is 4.90. The molecule has 1 atom stereocenters. The fraction of sp³-hybridized carbons (Fsp3) is 0.600. The van der Waals surface area contributed by atoms with Gasteiger partial charge in [-0.2, -0.15) is 0 Å². The summed E-state index contributed by atoms with van der Waals surface area (Å²) in [5.41, 5.74) is -0.148. The van der Waals surface area contributed by atoms with Crippen molar-refractivity contribution >= 4 is 27.5 Å². The van der Waals surface area contributed by atoms with Gasteiger partial charge < -0.3 is 25.4 Å². The number of para-hydroxylation sites is 2. The summed E-state index contributed by atoms with van der Waals surface area (Å²) in [4.78, 5) is 28.6. The normalized spacial score (nSPS) is 15.1. The molecule has 1 fully saturated rings. The summed E-state index contributed by atoms with van der Waals surface area (Å²) in [7, 11) is -3.03. The lowest BCUT2D eigenvalue weighted by Gasteiger charge is -2.21. The van der Waals surface area contributed by atoms with E-state index in [1.807, 2.05) is 0 Å². The first-order valence-electron chi connectivity index (χ1n) is 10.5. The predicted octanol–water partition coefficient (Wildman–Crippen LogP) is 1.22. The highest BCUT2D eigenvalue weighted by Crippen LogP contribution is 2.26. The van der Waals surface area contributed by atoms with Gasteiger partial charge in [0.1, 0.15) is 12.7 Å². The van der Waals surface area contributed by atoms with Crippen molar-refractivity contribution in [2.75, 3.05) is 25.4 Å². The Morgan fingerprint density at radius 1 is 1.15 bits per heavy atom. The Labute approximate surface area is 191 Å². The zero-order valence-corrected chi connectivity index (χ0v) is 18.9. The number of nitrogens with one attached hydrogen (secondary N) is 1. The van der Waals surface area contributed by atoms with Gasteiger partial charge >= 0.3 is 17.6 Å². The van der Waals surface area contributed by atoms with Crippen molar-refractivity contribution in [2.45, 2.75) is 49.9 Å². The first-order chi connectivity index (χ1) is 15.5. The zero-order chi connectivity index (χ0) is 24.9. The lowest BCUT2D eigenvalue weighted by Crippen LogP contribution is -2.33. The van der Waals surface area contributed by atoms with Gasteiger partial charge in [0.15, 0.2) is 15.6 Å². The maximum absolute atomic E-state index is 12.3. The fourth-order valence-corrected chi connectivity index (χ4v) is 5.16. The van der Waals surface area contributed by atoms with Crippen LogP contribution >= 0.6 is 0 Å². The second-order valence-corrected chi connectivity index (χ2v) is 9.89. The average molecular weight is 491 g/mol. The van der Waals surface area contributed by atoms with Crippen LogP contribution in [-0.2, 0) is 19.4 Å². The zero-order valence-electron chi connectivity index (χ0n) is 18.1. The van der Waals surface area contributed by atoms with Gasteiger partial charge in [0, 0.05) is 12.6 Å². The molecule has 2 rings (SSSR count). The van der Waals surface area contributed by atoms with E-state index in [2.05, 4.69) is 5.32 Å². The molecular formula is C20H30N2O10S. The smallest absolute Gasteiger partial charge is 0.414 e. The minimum Gasteiger partial charge on any atom is -0.484 e. The number of hydrogen-bond donors (Lipinski definition) is 4. The Kier molecular flexibility index (Phi) is 12.3. The van der Waals surface area contributed by atoms with Crippen LogP contribution < -0.4 is 10.1 Å². The van der Waals surface area contributed by atoms with Crippen molar-refractivity contribution in [3.05, 3.63) is 34.4 Å². The van der Waals surface area contributed by atoms with Crippen molar-refractivity contribution in [3.63, 3.8) is 0 Å². The highest BCUT2D eigenvalue weighted by Gasteiger charge is 2.26. The van der Waals surface area contributed by atoms with Gasteiger partial charge in [0.2, 0.25) is 0 Å². The van der Waals surface area contributed by atoms with Crippen LogP contribution in [0.1, 0.15) is 38.5 Å². The molecule has 0 spiro atoms. The van der Waals surface area contributed by atoms with Crippen LogP contribution in [0.5, 0.6) is 5.75 Å². The molecule has 0 amide bonds. The van der Waals surface area contributed by atoms with E-state index in [1.54, 1.807) is 12.1 Å². The number of carboxylic acid groups (broad SMARTS) is 2. The molecule has 1 aliphatic rings. The van der Waals surface area contributed by atoms with E-state index >= 15 is 0 Å². The summed E-state index contributed by atoms with van der Waals surface area (Å²) in [5, 5.41) is 38.4. The molecule has 12 nitrogen and oxygen atoms in total. The quantitative estimate of drug-likeness (QED) is 0.151. The largest absolute Gasteiger partial charge is 0.484 e. The molecule has 1 aliphatic carbocycles. The van der Waals surface area contributed by atoms with Gasteiger partial charge in [-0.3, -0.25) is 10.1 Å². The Morgan fingerprint density at radius 2 is 1.76 bits per heavy atom. The number of aliphatic carboxylic acids is 2. The van der Waals surface area contributed by atoms with Crippen molar-refractivity contribution < 1.29 is 43.0 Å². The van der Waals surface area contributed by atoms with Crippen molar-refractivity contribution in [2.24, 2.45) is 0 Å². The predicted molar refractivity (Wildman–Crippen MR) is 118 cm³/mol. The molecule has 0 heterocycles. The maximum atomic E-state index is 12.3. The number of aliphatic hydroxyl groups excluding tert-OH is 1. The third kappa shape index (κ3) is 11.1. The molecule has 1 aromatic rings. The molecule has 0 bridgehead atoms. The molecule has 1 saturated carbocycles. The molecule has 0 aliphatic heterocycles. The summed E-state index contributed by atoms with van der Waals surface area (Å²) >= 11 is 0. The minimum absolute atomic E-state index is 0.0851. The van der Waals surface area contributed by atoms with Crippen LogP contribution in [-0.4, -0.2) is 77.4 Å². The third-order valence-corrected chi connectivity index (χ3v) is 7.24. The molecule has 4 N–H and O–H groups in total. The first kappa shape index (κ1) is 28.3. The number of benzene rings is 1. The molecular weight excluding hydrogens is 460 g/mol. The van der Waals surface area contributed by atoms with E-state index in [4.69, 9.17) is 24.5 Å². The topological polar surface area (TPSA) is 193 Å². The van der Waals surface area contributed by atoms with Gasteiger partial charge in [0.25, 0.3) is 0 Å². The number of nitro benzene ring substituents is 1. The number of carbonyl (C=O) groups is 2. The van der Waals surface area contributed by atoms with Crippen LogP contribution in [0.25, 0.3) is 0 Å². The number of carboxylic acids is 2. The van der Waals surface area contributed by atoms with Gasteiger partial charge in [-0.15, -0.1) is 0 Å². The molecule has 1 aromatic carbocycles. The standard InChI is InChI=1S/C18H28N2O6S.C2H2O4/c21-15(14-26-18-10-5-4-9-17(18)20(22)23)13-19-11-6-12-27(24,25)16-7-2-1-3-8-16;3-1(4)2(5)6/h4-5,9-10,15-16,19,21H,1-3,6-8,11-14H2;(H,3,4)(H,5,6). The second-order valence-electron chi connectivity index (χ2n) is 7.48. The van der Waals surface area contributed by atoms with Crippen LogP contribution in [0.15, 0.2) is 24.3 Å². The average Bonchev–Trinajstić information content (AvgIpc) is 2.78. The van der Waals surface area contributed by atoms with E-state index < -0.39 is 32.8 Å². The number of ether oxygens (including phenoxy) is 1. The van der Waals surface area contributed by atoms with Crippen LogP contribution in [0.2, 0.25) is 0 Å². The second kappa shape index (κ2) is 14.4. The summed E-state index contributed by atoms with van der Waals surface area (Å²) in [5.74, 6) is -3.38. The number of nitro groups is 1. The van der Waals surface area contributed by atoms with Crippen molar-refractivity contribution in [1.29, 1.82) is 0 Å². The lowest BCUT2D eigenvalue weighted by atomic mass is 10.0. The van der Waals surface area contributed by atoms with E-state index in [-0.39, 0.29) is 35.6 Å². The van der Waals surface area contributed by atoms with Gasteiger partial charge in [0.05, 0.1) is 15.9 Å². The lowest BCUT2D eigenvalue weighted by molar-refractivity contribution is -0.385. The first-order valence-corrected chi connectivity index (χ1v) is 12.2. The molecule has 13 heteroatoms. The Morgan fingerprint density at radius 3 is 2.33 bits per heavy atom. The SMILES string of the molecule is O=C(O)C(=O)O.O=[N+]([O-])c1ccccc1OCC(O)CNCCCS(=O)(=O)C1CCCCC1. The maximum Gasteiger partial charge on any atom is 0.414 e. The Balaban J connectivity index is 0.000000801. The number of aliphatic hydroxyl groups is 1. The fourth-order valence-electron chi connectivity index (χ4n) is 3.23. The summed E-state index contributed by atoms with van der Waals surface area (Å²) in [6, 6.07) is 5.99. The molecule has 0 aromatic heterocycles. The Hall–Kier alpha value is -2.77. The summed E-state index contributed by atoms with van der Waals surface area (Å²) in [6.45, 7) is 0.622. The van der Waals surface area contributed by atoms with Gasteiger partial charge in [-0.1, -0.05) is 31.4 Å². The van der Waals surface area contributed by atoms with Crippen LogP contribution in [0.3, 0.4) is 0 Å². The van der Waals surface area contributed by atoms with Gasteiger partial charge in [-0.05, 0) is 31.9 Å². The highest BCUT2D eigenvalue weighted by atomic mass is 32.2. The Bertz CT molecular complexity index is 873.